The van der Waals surface area contributed by atoms with Crippen LogP contribution in [0.25, 0.3) is 0 Å². The summed E-state index contributed by atoms with van der Waals surface area (Å²) in [6.07, 6.45) is 2.01. The SMILES string of the molecule is CCC[CH]NC(=O)CNCC. The Morgan fingerprint density at radius 2 is 2.18 bits per heavy atom. The maximum Gasteiger partial charge on any atom is 0.234 e. The zero-order chi connectivity index (χ0) is 8.53. The lowest BCUT2D eigenvalue weighted by Crippen LogP contribution is -2.32. The molecule has 0 fully saturated rings. The van der Waals surface area contributed by atoms with E-state index in [9.17, 15) is 4.79 Å². The van der Waals surface area contributed by atoms with Gasteiger partial charge in [0.25, 0.3) is 0 Å². The second kappa shape index (κ2) is 7.54. The summed E-state index contributed by atoms with van der Waals surface area (Å²) in [4.78, 5) is 10.9. The van der Waals surface area contributed by atoms with Crippen molar-refractivity contribution in [3.8, 4) is 0 Å². The first-order valence-corrected chi connectivity index (χ1v) is 4.13. The minimum Gasteiger partial charge on any atom is -0.350 e. The molecule has 11 heavy (non-hydrogen) atoms. The average molecular weight is 157 g/mol. The molecule has 0 bridgehead atoms. The Labute approximate surface area is 68.6 Å². The highest BCUT2D eigenvalue weighted by molar-refractivity contribution is 5.78. The summed E-state index contributed by atoms with van der Waals surface area (Å²) in [7, 11) is 0. The van der Waals surface area contributed by atoms with E-state index in [2.05, 4.69) is 17.6 Å². The van der Waals surface area contributed by atoms with Gasteiger partial charge in [-0.2, -0.15) is 0 Å². The molecule has 0 aromatic heterocycles. The maximum absolute atomic E-state index is 10.9. The first kappa shape index (κ1) is 10.4. The van der Waals surface area contributed by atoms with Crippen LogP contribution in [0.3, 0.4) is 0 Å². The molecule has 3 heteroatoms. The second-order valence-corrected chi connectivity index (χ2v) is 2.34. The summed E-state index contributed by atoms with van der Waals surface area (Å²) < 4.78 is 0. The fourth-order valence-electron chi connectivity index (χ4n) is 0.620. The van der Waals surface area contributed by atoms with E-state index in [1.165, 1.54) is 0 Å². The summed E-state index contributed by atoms with van der Waals surface area (Å²) >= 11 is 0. The first-order valence-electron chi connectivity index (χ1n) is 4.13. The second-order valence-electron chi connectivity index (χ2n) is 2.34. The quantitative estimate of drug-likeness (QED) is 0.556. The summed E-state index contributed by atoms with van der Waals surface area (Å²) in [5.41, 5.74) is 0. The van der Waals surface area contributed by atoms with Gasteiger partial charge in [0.05, 0.1) is 6.54 Å². The van der Waals surface area contributed by atoms with E-state index >= 15 is 0 Å². The average Bonchev–Trinajstić information content (AvgIpc) is 2.01. The summed E-state index contributed by atoms with van der Waals surface area (Å²) in [5, 5.41) is 5.63. The largest absolute Gasteiger partial charge is 0.350 e. The Bertz CT molecular complexity index is 104. The third-order valence-electron chi connectivity index (χ3n) is 1.23. The molecule has 0 atom stereocenters. The van der Waals surface area contributed by atoms with Gasteiger partial charge >= 0.3 is 0 Å². The molecule has 0 aliphatic carbocycles. The molecule has 0 unspecified atom stereocenters. The molecule has 2 N–H and O–H groups in total. The Kier molecular flexibility index (Phi) is 7.15. The normalized spacial score (nSPS) is 9.64. The van der Waals surface area contributed by atoms with E-state index in [0.29, 0.717) is 6.54 Å². The Balaban J connectivity index is 3.09. The molecule has 0 aliphatic rings. The fraction of sp³-hybridized carbons (Fsp3) is 0.750. The number of carbonyl (C=O) groups excluding carboxylic acids is 1. The van der Waals surface area contributed by atoms with Crippen molar-refractivity contribution in [2.45, 2.75) is 26.7 Å². The van der Waals surface area contributed by atoms with Crippen molar-refractivity contribution in [1.29, 1.82) is 0 Å². The molecular formula is C8H17N2O. The zero-order valence-corrected chi connectivity index (χ0v) is 7.31. The number of hydrogen-bond acceptors (Lipinski definition) is 2. The smallest absolute Gasteiger partial charge is 0.234 e. The molecular weight excluding hydrogens is 140 g/mol. The number of nitrogens with one attached hydrogen (secondary N) is 2. The van der Waals surface area contributed by atoms with Gasteiger partial charge in [0.1, 0.15) is 0 Å². The van der Waals surface area contributed by atoms with Gasteiger partial charge < -0.3 is 10.6 Å². The molecule has 0 saturated carbocycles. The van der Waals surface area contributed by atoms with Crippen molar-refractivity contribution in [2.24, 2.45) is 0 Å². The summed E-state index contributed by atoms with van der Waals surface area (Å²) in [5.74, 6) is 0.0419. The van der Waals surface area contributed by atoms with Crippen molar-refractivity contribution in [2.75, 3.05) is 13.1 Å². The number of amides is 1. The molecule has 0 aromatic rings. The van der Waals surface area contributed by atoms with Crippen LogP contribution in [-0.2, 0) is 4.79 Å². The van der Waals surface area contributed by atoms with Crippen LogP contribution < -0.4 is 10.6 Å². The minimum absolute atomic E-state index is 0.0419. The molecule has 1 amide bonds. The van der Waals surface area contributed by atoms with E-state index in [-0.39, 0.29) is 5.91 Å². The Morgan fingerprint density at radius 3 is 2.73 bits per heavy atom. The van der Waals surface area contributed by atoms with E-state index in [1.807, 2.05) is 6.92 Å². The van der Waals surface area contributed by atoms with Gasteiger partial charge in [-0.3, -0.25) is 4.79 Å². The van der Waals surface area contributed by atoms with Gasteiger partial charge in [0.15, 0.2) is 0 Å². The van der Waals surface area contributed by atoms with Gasteiger partial charge in [-0.1, -0.05) is 20.3 Å². The highest BCUT2D eigenvalue weighted by Gasteiger charge is 1.96. The third-order valence-corrected chi connectivity index (χ3v) is 1.23. The van der Waals surface area contributed by atoms with E-state index in [0.717, 1.165) is 19.4 Å². The van der Waals surface area contributed by atoms with Crippen LogP contribution in [0.4, 0.5) is 0 Å². The lowest BCUT2D eigenvalue weighted by atomic mass is 10.3. The first-order chi connectivity index (χ1) is 5.31. The van der Waals surface area contributed by atoms with Crippen LogP contribution in [0.15, 0.2) is 0 Å². The molecule has 0 aliphatic heterocycles. The number of rotatable bonds is 6. The molecule has 3 nitrogen and oxygen atoms in total. The molecule has 0 heterocycles. The molecule has 0 saturated heterocycles. The Hall–Kier alpha value is -0.570. The van der Waals surface area contributed by atoms with Crippen LogP contribution in [0.5, 0.6) is 0 Å². The molecule has 1 radical (unpaired) electrons. The third kappa shape index (κ3) is 7.33. The number of carbonyl (C=O) groups is 1. The number of hydrogen-bond donors (Lipinski definition) is 2. The molecule has 65 valence electrons. The monoisotopic (exact) mass is 157 g/mol. The van der Waals surface area contributed by atoms with Gasteiger partial charge in [0.2, 0.25) is 5.91 Å². The molecule has 0 aromatic carbocycles. The fourth-order valence-corrected chi connectivity index (χ4v) is 0.620. The molecule has 0 rings (SSSR count). The van der Waals surface area contributed by atoms with Crippen molar-refractivity contribution in [1.82, 2.24) is 10.6 Å². The van der Waals surface area contributed by atoms with Crippen LogP contribution in [0.1, 0.15) is 26.7 Å². The predicted molar refractivity (Wildman–Crippen MR) is 45.9 cm³/mol. The van der Waals surface area contributed by atoms with Crippen molar-refractivity contribution >= 4 is 5.91 Å². The van der Waals surface area contributed by atoms with E-state index in [4.69, 9.17) is 0 Å². The van der Waals surface area contributed by atoms with Gasteiger partial charge in [-0.05, 0) is 13.0 Å². The van der Waals surface area contributed by atoms with E-state index in [1.54, 1.807) is 6.54 Å². The van der Waals surface area contributed by atoms with Gasteiger partial charge in [0, 0.05) is 6.54 Å². The predicted octanol–water partition coefficient (Wildman–Crippen LogP) is 0.674. The van der Waals surface area contributed by atoms with Crippen LogP contribution in [0.2, 0.25) is 0 Å². The Morgan fingerprint density at radius 1 is 1.45 bits per heavy atom. The zero-order valence-electron chi connectivity index (χ0n) is 7.31. The van der Waals surface area contributed by atoms with Gasteiger partial charge in [-0.15, -0.1) is 0 Å². The lowest BCUT2D eigenvalue weighted by molar-refractivity contribution is -0.119. The molecule has 0 spiro atoms. The summed E-state index contributed by atoms with van der Waals surface area (Å²) in [6.45, 7) is 7.10. The highest BCUT2D eigenvalue weighted by atomic mass is 16.1. The van der Waals surface area contributed by atoms with Crippen molar-refractivity contribution in [3.63, 3.8) is 0 Å². The number of likely N-dealkylation sites (N-methyl/N-ethyl adjacent to an activating group) is 1. The van der Waals surface area contributed by atoms with Crippen molar-refractivity contribution < 1.29 is 4.79 Å². The number of unbranched alkanes of at least 4 members (excludes halogenated alkanes) is 1. The lowest BCUT2D eigenvalue weighted by Gasteiger charge is -2.02. The standard InChI is InChI=1S/C8H17N2O/c1-3-5-6-10-8(11)7-9-4-2/h6,9H,3-5,7H2,1-2H3,(H,10,11). The van der Waals surface area contributed by atoms with Gasteiger partial charge in [-0.25, -0.2) is 0 Å². The van der Waals surface area contributed by atoms with Crippen molar-refractivity contribution in [3.05, 3.63) is 6.54 Å². The topological polar surface area (TPSA) is 41.1 Å². The van der Waals surface area contributed by atoms with Crippen LogP contribution >= 0.6 is 0 Å². The summed E-state index contributed by atoms with van der Waals surface area (Å²) in [6, 6.07) is 0. The minimum atomic E-state index is 0.0419. The van der Waals surface area contributed by atoms with Crippen LogP contribution in [-0.4, -0.2) is 19.0 Å². The van der Waals surface area contributed by atoms with E-state index < -0.39 is 0 Å². The maximum atomic E-state index is 10.9. The highest BCUT2D eigenvalue weighted by Crippen LogP contribution is 1.86. The van der Waals surface area contributed by atoms with Crippen LogP contribution in [0, 0.1) is 6.54 Å².